The van der Waals surface area contributed by atoms with Crippen LogP contribution in [0.15, 0.2) is 47.0 Å². The molecule has 0 fully saturated rings. The first-order valence-electron chi connectivity index (χ1n) is 7.37. The first kappa shape index (κ1) is 19.4. The smallest absolute Gasteiger partial charge is 0.254 e. The predicted octanol–water partition coefficient (Wildman–Crippen LogP) is 4.56. The highest BCUT2D eigenvalue weighted by molar-refractivity contribution is 6.61. The molecular weight excluding hydrogens is 385 g/mol. The molecule has 0 aliphatic rings. The van der Waals surface area contributed by atoms with Crippen molar-refractivity contribution in [2.24, 2.45) is 0 Å². The van der Waals surface area contributed by atoms with Crippen LogP contribution in [0, 0.1) is 0 Å². The first-order valence-corrected chi connectivity index (χ1v) is 8.51. The Morgan fingerprint density at radius 3 is 2.44 bits per heavy atom. The third-order valence-corrected chi connectivity index (χ3v) is 4.12. The molecule has 0 radical (unpaired) electrons. The highest BCUT2D eigenvalue weighted by Crippen LogP contribution is 2.27. The van der Waals surface area contributed by atoms with Gasteiger partial charge < -0.3 is 15.2 Å². The van der Waals surface area contributed by atoms with E-state index < -0.39 is 0 Å². The van der Waals surface area contributed by atoms with E-state index in [9.17, 15) is 9.90 Å². The lowest BCUT2D eigenvalue weighted by atomic mass is 10.1. The average Bonchev–Trinajstić information content (AvgIpc) is 2.58. The third-order valence-electron chi connectivity index (χ3n) is 3.49. The first-order chi connectivity index (χ1) is 11.9. The van der Waals surface area contributed by atoms with Crippen LogP contribution in [-0.4, -0.2) is 24.7 Å². The fraction of sp³-hybridized carbons (Fsp3) is 0.167. The Bertz CT molecular complexity index is 785. The van der Waals surface area contributed by atoms with Crippen LogP contribution in [0.2, 0.25) is 5.02 Å². The molecule has 7 heteroatoms. The zero-order valence-electron chi connectivity index (χ0n) is 13.4. The molecule has 2 aromatic rings. The molecule has 0 aliphatic carbocycles. The fourth-order valence-electron chi connectivity index (χ4n) is 2.23. The number of halogens is 3. The number of phenolic OH excluding ortho intramolecular Hbond substituents is 1. The number of aromatic hydroxyl groups is 1. The molecule has 0 bridgehead atoms. The summed E-state index contributed by atoms with van der Waals surface area (Å²) in [7, 11) is 1.48. The topological polar surface area (TPSA) is 58.6 Å². The lowest BCUT2D eigenvalue weighted by Gasteiger charge is -2.11. The number of carbonyl (C=O) groups excluding carboxylic acids is 1. The summed E-state index contributed by atoms with van der Waals surface area (Å²) < 4.78 is 4.94. The van der Waals surface area contributed by atoms with Crippen molar-refractivity contribution in [2.75, 3.05) is 13.7 Å². The Morgan fingerprint density at radius 2 is 1.84 bits per heavy atom. The molecule has 0 saturated heterocycles. The normalized spacial score (nSPS) is 10.2. The molecule has 132 valence electrons. The number of hydrogen-bond acceptors (Lipinski definition) is 3. The molecule has 4 nitrogen and oxygen atoms in total. The van der Waals surface area contributed by atoms with Gasteiger partial charge in [-0.05, 0) is 41.8 Å². The predicted molar refractivity (Wildman–Crippen MR) is 101 cm³/mol. The molecule has 0 unspecified atom stereocenters. The summed E-state index contributed by atoms with van der Waals surface area (Å²) >= 11 is 17.6. The van der Waals surface area contributed by atoms with Crippen LogP contribution < -0.4 is 10.1 Å². The average molecular weight is 401 g/mol. The van der Waals surface area contributed by atoms with E-state index in [1.807, 2.05) is 0 Å². The van der Waals surface area contributed by atoms with Crippen molar-refractivity contribution in [2.45, 2.75) is 6.42 Å². The van der Waals surface area contributed by atoms with Crippen LogP contribution >= 0.6 is 34.8 Å². The Labute approximate surface area is 161 Å². The number of methoxy groups -OCH3 is 1. The van der Waals surface area contributed by atoms with E-state index in [-0.39, 0.29) is 21.7 Å². The Morgan fingerprint density at radius 1 is 1.16 bits per heavy atom. The number of nitrogens with one attached hydrogen (secondary N) is 1. The number of phenols is 1. The van der Waals surface area contributed by atoms with Gasteiger partial charge in [0.25, 0.3) is 5.91 Å². The molecule has 0 atom stereocenters. The Balaban J connectivity index is 2.03. The molecule has 2 rings (SSSR count). The SMILES string of the molecule is COc1cc(CCNC(=O)C(=C(Cl)Cl)c2ccc(Cl)cc2)ccc1O. The van der Waals surface area contributed by atoms with E-state index in [1.165, 1.54) is 7.11 Å². The van der Waals surface area contributed by atoms with E-state index in [4.69, 9.17) is 39.5 Å². The summed E-state index contributed by atoms with van der Waals surface area (Å²) in [5, 5.41) is 12.9. The molecule has 0 spiro atoms. The van der Waals surface area contributed by atoms with Gasteiger partial charge >= 0.3 is 0 Å². The van der Waals surface area contributed by atoms with Crippen molar-refractivity contribution in [3.05, 3.63) is 63.1 Å². The largest absolute Gasteiger partial charge is 0.504 e. The van der Waals surface area contributed by atoms with Crippen molar-refractivity contribution in [1.29, 1.82) is 0 Å². The van der Waals surface area contributed by atoms with Gasteiger partial charge in [-0.2, -0.15) is 0 Å². The minimum atomic E-state index is -0.381. The Kier molecular flexibility index (Phi) is 7.00. The van der Waals surface area contributed by atoms with E-state index in [2.05, 4.69) is 5.32 Å². The fourth-order valence-corrected chi connectivity index (χ4v) is 2.74. The highest BCUT2D eigenvalue weighted by Gasteiger charge is 2.16. The Hall–Kier alpha value is -1.88. The van der Waals surface area contributed by atoms with Crippen LogP contribution in [0.4, 0.5) is 0 Å². The maximum Gasteiger partial charge on any atom is 0.254 e. The summed E-state index contributed by atoms with van der Waals surface area (Å²) in [5.74, 6) is 0.0691. The standard InChI is InChI=1S/C18H16Cl3NO3/c1-25-15-10-11(2-7-14(15)23)8-9-22-18(24)16(17(20)21)12-3-5-13(19)6-4-12/h2-7,10,23H,8-9H2,1H3,(H,22,24). The second kappa shape index (κ2) is 8.99. The van der Waals surface area contributed by atoms with Crippen LogP contribution in [0.1, 0.15) is 11.1 Å². The van der Waals surface area contributed by atoms with Crippen LogP contribution in [0.3, 0.4) is 0 Å². The van der Waals surface area contributed by atoms with Crippen molar-refractivity contribution < 1.29 is 14.6 Å². The van der Waals surface area contributed by atoms with E-state index in [0.29, 0.717) is 29.3 Å². The highest BCUT2D eigenvalue weighted by atomic mass is 35.5. The number of carbonyl (C=O) groups is 1. The van der Waals surface area contributed by atoms with Crippen LogP contribution in [0.5, 0.6) is 11.5 Å². The minimum Gasteiger partial charge on any atom is -0.504 e. The van der Waals surface area contributed by atoms with Gasteiger partial charge in [0.15, 0.2) is 11.5 Å². The number of amides is 1. The second-order valence-corrected chi connectivity index (χ2v) is 6.54. The van der Waals surface area contributed by atoms with Crippen molar-refractivity contribution in [1.82, 2.24) is 5.32 Å². The summed E-state index contributed by atoms with van der Waals surface area (Å²) in [6.45, 7) is 0.366. The van der Waals surface area contributed by atoms with Crippen molar-refractivity contribution in [3.63, 3.8) is 0 Å². The summed E-state index contributed by atoms with van der Waals surface area (Å²) in [6.07, 6.45) is 0.552. The molecule has 2 aromatic carbocycles. The molecular formula is C18H16Cl3NO3. The number of ether oxygens (including phenoxy) is 1. The summed E-state index contributed by atoms with van der Waals surface area (Å²) in [4.78, 5) is 12.4. The lowest BCUT2D eigenvalue weighted by molar-refractivity contribution is -0.115. The van der Waals surface area contributed by atoms with Crippen LogP contribution in [0.25, 0.3) is 5.57 Å². The van der Waals surface area contributed by atoms with Gasteiger partial charge in [0.2, 0.25) is 0 Å². The third kappa shape index (κ3) is 5.30. The zero-order valence-corrected chi connectivity index (χ0v) is 15.6. The summed E-state index contributed by atoms with van der Waals surface area (Å²) in [6, 6.07) is 11.7. The maximum atomic E-state index is 12.4. The van der Waals surface area contributed by atoms with Crippen molar-refractivity contribution in [3.8, 4) is 11.5 Å². The summed E-state index contributed by atoms with van der Waals surface area (Å²) in [5.41, 5.74) is 1.67. The van der Waals surface area contributed by atoms with Gasteiger partial charge in [0, 0.05) is 11.6 Å². The zero-order chi connectivity index (χ0) is 18.4. The molecule has 0 aromatic heterocycles. The second-order valence-electron chi connectivity index (χ2n) is 5.15. The molecule has 1 amide bonds. The van der Waals surface area contributed by atoms with E-state index in [0.717, 1.165) is 5.56 Å². The molecule has 0 aliphatic heterocycles. The van der Waals surface area contributed by atoms with Gasteiger partial charge in [-0.1, -0.05) is 53.0 Å². The number of benzene rings is 2. The number of hydrogen-bond donors (Lipinski definition) is 2. The van der Waals surface area contributed by atoms with Gasteiger partial charge in [0.1, 0.15) is 4.49 Å². The molecule has 2 N–H and O–H groups in total. The van der Waals surface area contributed by atoms with Crippen molar-refractivity contribution >= 4 is 46.3 Å². The quantitative estimate of drug-likeness (QED) is 0.699. The maximum absolute atomic E-state index is 12.4. The lowest BCUT2D eigenvalue weighted by Crippen LogP contribution is -2.26. The monoisotopic (exact) mass is 399 g/mol. The van der Waals surface area contributed by atoms with Gasteiger partial charge in [-0.25, -0.2) is 0 Å². The van der Waals surface area contributed by atoms with E-state index >= 15 is 0 Å². The van der Waals surface area contributed by atoms with Gasteiger partial charge in [-0.3, -0.25) is 4.79 Å². The van der Waals surface area contributed by atoms with E-state index in [1.54, 1.807) is 42.5 Å². The molecule has 0 heterocycles. The minimum absolute atomic E-state index is 0.0668. The van der Waals surface area contributed by atoms with Gasteiger partial charge in [0.05, 0.1) is 12.7 Å². The van der Waals surface area contributed by atoms with Crippen LogP contribution in [-0.2, 0) is 11.2 Å². The number of rotatable bonds is 6. The van der Waals surface area contributed by atoms with Gasteiger partial charge in [-0.15, -0.1) is 0 Å². The molecule has 25 heavy (non-hydrogen) atoms. The molecule has 0 saturated carbocycles.